The number of hydrogen-bond acceptors (Lipinski definition) is 6. The second-order valence-corrected chi connectivity index (χ2v) is 12.8. The monoisotopic (exact) mass is 557 g/mol. The molecule has 0 amide bonds. The molecule has 216 valence electrons. The number of carboxylic acid groups (broad SMARTS) is 1. The van der Waals surface area contributed by atoms with Crippen LogP contribution in [0.5, 0.6) is 0 Å². The average molecular weight is 558 g/mol. The predicted octanol–water partition coefficient (Wildman–Crippen LogP) is 6.50. The van der Waals surface area contributed by atoms with Gasteiger partial charge in [-0.3, -0.25) is 0 Å². The standard InChI is InChI=1S/C16H17N3O3.C16H22N2O/c1-16(2,3)15-18-11-5-4-10(14(20)21)8-12(11)19(15)9-13-17-6-7-22-13;1-11-5-6-13-14(9-11)18(10-12-7-8-19-12)15(17-13)16(2,3)4/h4-8H,9H2,1-3H3,(H,20,21);5-6,9,12H,7-8,10H2,1-4H3/t;12-/m.0/s1. The average Bonchev–Trinajstić information content (AvgIpc) is 3.59. The van der Waals surface area contributed by atoms with Crippen LogP contribution in [0.4, 0.5) is 0 Å². The zero-order valence-electron chi connectivity index (χ0n) is 24.9. The molecule has 1 N–H and O–H groups in total. The summed E-state index contributed by atoms with van der Waals surface area (Å²) in [4.78, 5) is 24.9. The van der Waals surface area contributed by atoms with E-state index in [-0.39, 0.29) is 16.4 Å². The van der Waals surface area contributed by atoms with Crippen molar-refractivity contribution in [3.05, 3.63) is 77.5 Å². The molecule has 1 fully saturated rings. The Morgan fingerprint density at radius 3 is 2.10 bits per heavy atom. The molecule has 4 heterocycles. The molecule has 0 saturated carbocycles. The quantitative estimate of drug-likeness (QED) is 0.263. The predicted molar refractivity (Wildman–Crippen MR) is 159 cm³/mol. The molecule has 9 nitrogen and oxygen atoms in total. The van der Waals surface area contributed by atoms with Gasteiger partial charge in [0, 0.05) is 17.4 Å². The van der Waals surface area contributed by atoms with E-state index in [0.717, 1.165) is 47.8 Å². The molecule has 0 radical (unpaired) electrons. The maximum atomic E-state index is 11.2. The van der Waals surface area contributed by atoms with Gasteiger partial charge >= 0.3 is 5.97 Å². The van der Waals surface area contributed by atoms with Gasteiger partial charge in [-0.2, -0.15) is 0 Å². The van der Waals surface area contributed by atoms with E-state index in [4.69, 9.17) is 14.1 Å². The lowest BCUT2D eigenvalue weighted by atomic mass is 9.95. The highest BCUT2D eigenvalue weighted by molar-refractivity contribution is 5.92. The Morgan fingerprint density at radius 1 is 0.951 bits per heavy atom. The number of imidazole rings is 2. The van der Waals surface area contributed by atoms with Crippen molar-refractivity contribution in [2.24, 2.45) is 0 Å². The first kappa shape index (κ1) is 28.5. The van der Waals surface area contributed by atoms with E-state index in [2.05, 4.69) is 81.2 Å². The van der Waals surface area contributed by atoms with Gasteiger partial charge in [0.15, 0.2) is 0 Å². The topological polar surface area (TPSA) is 108 Å². The Balaban J connectivity index is 0.000000166. The summed E-state index contributed by atoms with van der Waals surface area (Å²) >= 11 is 0. The molecular formula is C32H39N5O4. The van der Waals surface area contributed by atoms with Crippen molar-refractivity contribution in [3.63, 3.8) is 0 Å². The fourth-order valence-corrected chi connectivity index (χ4v) is 5.08. The smallest absolute Gasteiger partial charge is 0.335 e. The number of ether oxygens (including phenoxy) is 1. The Hall–Kier alpha value is -3.98. The summed E-state index contributed by atoms with van der Waals surface area (Å²) in [5, 5.41) is 9.20. The van der Waals surface area contributed by atoms with E-state index < -0.39 is 5.97 Å². The number of carboxylic acids is 1. The van der Waals surface area contributed by atoms with Gasteiger partial charge in [0.2, 0.25) is 5.89 Å². The molecule has 6 rings (SSSR count). The number of aryl methyl sites for hydroxylation is 1. The summed E-state index contributed by atoms with van der Waals surface area (Å²) in [6.07, 6.45) is 4.63. The third-order valence-electron chi connectivity index (χ3n) is 7.20. The van der Waals surface area contributed by atoms with Gasteiger partial charge in [-0.1, -0.05) is 47.6 Å². The van der Waals surface area contributed by atoms with Crippen LogP contribution in [0.1, 0.15) is 81.4 Å². The summed E-state index contributed by atoms with van der Waals surface area (Å²) in [5.74, 6) is 1.63. The Kier molecular flexibility index (Phi) is 7.50. The SMILES string of the molecule is CC(C)(C)c1nc2ccc(C(=O)O)cc2n1Cc1ncco1.Cc1ccc2nc(C(C)(C)C)n(C[C@@H]3CCO3)c2c1. The normalized spacial score (nSPS) is 15.5. The van der Waals surface area contributed by atoms with Crippen molar-refractivity contribution in [1.82, 2.24) is 24.1 Å². The Morgan fingerprint density at radius 2 is 1.56 bits per heavy atom. The van der Waals surface area contributed by atoms with Crippen molar-refractivity contribution >= 4 is 28.0 Å². The zero-order chi connectivity index (χ0) is 29.5. The lowest BCUT2D eigenvalue weighted by Gasteiger charge is -2.29. The van der Waals surface area contributed by atoms with E-state index in [1.807, 2.05) is 4.57 Å². The number of fused-ring (bicyclic) bond motifs is 2. The lowest BCUT2D eigenvalue weighted by molar-refractivity contribution is -0.0592. The Bertz CT molecular complexity index is 1680. The maximum absolute atomic E-state index is 11.2. The van der Waals surface area contributed by atoms with E-state index >= 15 is 0 Å². The molecule has 1 aliphatic heterocycles. The molecule has 9 heteroatoms. The summed E-state index contributed by atoms with van der Waals surface area (Å²) in [5.41, 5.74) is 5.25. The van der Waals surface area contributed by atoms with Crippen LogP contribution in [0.25, 0.3) is 22.1 Å². The maximum Gasteiger partial charge on any atom is 0.335 e. The minimum Gasteiger partial charge on any atom is -0.478 e. The molecule has 1 atom stereocenters. The summed E-state index contributed by atoms with van der Waals surface area (Å²) < 4.78 is 15.2. The van der Waals surface area contributed by atoms with Gasteiger partial charge in [0.05, 0.1) is 46.5 Å². The number of carbonyl (C=O) groups is 1. The number of aromatic carboxylic acids is 1. The minimum absolute atomic E-state index is 0.0523. The van der Waals surface area contributed by atoms with Crippen LogP contribution in [0.2, 0.25) is 0 Å². The molecule has 5 aromatic rings. The van der Waals surface area contributed by atoms with Crippen LogP contribution >= 0.6 is 0 Å². The van der Waals surface area contributed by atoms with Crippen LogP contribution in [0, 0.1) is 6.92 Å². The van der Waals surface area contributed by atoms with Crippen molar-refractivity contribution in [2.45, 2.75) is 84.9 Å². The Labute approximate surface area is 240 Å². The van der Waals surface area contributed by atoms with E-state index in [1.54, 1.807) is 24.4 Å². The summed E-state index contributed by atoms with van der Waals surface area (Å²) in [6.45, 7) is 17.2. The first-order valence-corrected chi connectivity index (χ1v) is 14.0. The van der Waals surface area contributed by atoms with Gasteiger partial charge in [0.25, 0.3) is 0 Å². The van der Waals surface area contributed by atoms with Gasteiger partial charge in [0.1, 0.15) is 24.5 Å². The molecule has 41 heavy (non-hydrogen) atoms. The first-order valence-electron chi connectivity index (χ1n) is 14.0. The van der Waals surface area contributed by atoms with Gasteiger partial charge in [-0.25, -0.2) is 19.7 Å². The van der Waals surface area contributed by atoms with Crippen molar-refractivity contribution in [2.75, 3.05) is 6.61 Å². The van der Waals surface area contributed by atoms with Crippen molar-refractivity contribution in [3.8, 4) is 0 Å². The molecule has 0 spiro atoms. The molecule has 0 unspecified atom stereocenters. The number of rotatable bonds is 5. The third kappa shape index (κ3) is 6.05. The van der Waals surface area contributed by atoms with Crippen molar-refractivity contribution in [1.29, 1.82) is 0 Å². The van der Waals surface area contributed by atoms with Gasteiger partial charge in [-0.15, -0.1) is 0 Å². The largest absolute Gasteiger partial charge is 0.478 e. The molecule has 2 aromatic carbocycles. The molecule has 1 saturated heterocycles. The summed E-state index contributed by atoms with van der Waals surface area (Å²) in [7, 11) is 0. The third-order valence-corrected chi connectivity index (χ3v) is 7.20. The second kappa shape index (κ2) is 10.8. The van der Waals surface area contributed by atoms with Crippen LogP contribution in [-0.2, 0) is 28.7 Å². The molecule has 0 aliphatic carbocycles. The minimum atomic E-state index is -0.955. The fraction of sp³-hybridized carbons (Fsp3) is 0.438. The second-order valence-electron chi connectivity index (χ2n) is 12.8. The zero-order valence-corrected chi connectivity index (χ0v) is 24.9. The van der Waals surface area contributed by atoms with Crippen LogP contribution in [0.3, 0.4) is 0 Å². The number of nitrogens with zero attached hydrogens (tertiary/aromatic N) is 5. The molecule has 1 aliphatic rings. The summed E-state index contributed by atoms with van der Waals surface area (Å²) in [6, 6.07) is 11.4. The van der Waals surface area contributed by atoms with E-state index in [0.29, 0.717) is 18.5 Å². The molecular weight excluding hydrogens is 518 g/mol. The number of hydrogen-bond donors (Lipinski definition) is 1. The highest BCUT2D eigenvalue weighted by Gasteiger charge is 2.27. The fourth-order valence-electron chi connectivity index (χ4n) is 5.08. The van der Waals surface area contributed by atoms with Gasteiger partial charge < -0.3 is 23.4 Å². The van der Waals surface area contributed by atoms with Crippen LogP contribution < -0.4 is 0 Å². The van der Waals surface area contributed by atoms with Crippen LogP contribution in [0.15, 0.2) is 53.3 Å². The number of oxazole rings is 1. The molecule has 3 aromatic heterocycles. The van der Waals surface area contributed by atoms with Crippen LogP contribution in [-0.4, -0.2) is 47.9 Å². The highest BCUT2D eigenvalue weighted by atomic mass is 16.5. The van der Waals surface area contributed by atoms with Crippen molar-refractivity contribution < 1.29 is 19.1 Å². The highest BCUT2D eigenvalue weighted by Crippen LogP contribution is 2.30. The van der Waals surface area contributed by atoms with E-state index in [1.165, 1.54) is 17.3 Å². The lowest BCUT2D eigenvalue weighted by Crippen LogP contribution is -2.33. The molecule has 0 bridgehead atoms. The van der Waals surface area contributed by atoms with Gasteiger partial charge in [-0.05, 0) is 49.2 Å². The first-order chi connectivity index (χ1) is 19.3. The number of aromatic nitrogens is 5. The van der Waals surface area contributed by atoms with E-state index in [9.17, 15) is 9.90 Å². The number of benzene rings is 2.